The Morgan fingerprint density at radius 2 is 1.67 bits per heavy atom. The number of carbonyl (C=O) groups is 4. The van der Waals surface area contributed by atoms with E-state index in [-0.39, 0.29) is 36.9 Å². The van der Waals surface area contributed by atoms with Crippen LogP contribution >= 0.6 is 0 Å². The lowest BCUT2D eigenvalue weighted by molar-refractivity contribution is -0.151. The molecule has 0 fully saturated rings. The van der Waals surface area contributed by atoms with Crippen molar-refractivity contribution >= 4 is 23.9 Å². The highest BCUT2D eigenvalue weighted by Crippen LogP contribution is 2.30. The van der Waals surface area contributed by atoms with Gasteiger partial charge >= 0.3 is 23.9 Å². The minimum absolute atomic E-state index is 0.0147. The number of ether oxygens (including phenoxy) is 4. The Hall–Kier alpha value is -2.94. The van der Waals surface area contributed by atoms with Gasteiger partial charge in [-0.05, 0) is 24.1 Å². The van der Waals surface area contributed by atoms with Crippen LogP contribution in [-0.2, 0) is 35.1 Å². The lowest BCUT2D eigenvalue weighted by Crippen LogP contribution is -2.51. The Bertz CT molecular complexity index is 776. The Labute approximate surface area is 175 Å². The van der Waals surface area contributed by atoms with Crippen molar-refractivity contribution in [2.24, 2.45) is 5.73 Å². The second-order valence-corrected chi connectivity index (χ2v) is 6.87. The van der Waals surface area contributed by atoms with Gasteiger partial charge in [0.15, 0.2) is 11.5 Å². The van der Waals surface area contributed by atoms with Gasteiger partial charge in [0, 0.05) is 33.1 Å². The standard InChI is InChI=1S/C21H29NO8/c1-5-6-7-19(25)28-11-10-21(22,20(26)27-4)13-16-8-9-17(29-14(2)23)18(12-16)30-15(3)24/h8-9,12H,5-7,10-11,13,22H2,1-4H3/t21-/m1/s1. The zero-order chi connectivity index (χ0) is 22.7. The van der Waals surface area contributed by atoms with Crippen LogP contribution in [0.15, 0.2) is 18.2 Å². The molecule has 0 aliphatic heterocycles. The third-order valence-corrected chi connectivity index (χ3v) is 4.17. The first-order chi connectivity index (χ1) is 14.1. The molecule has 9 nitrogen and oxygen atoms in total. The maximum atomic E-state index is 12.3. The predicted octanol–water partition coefficient (Wildman–Crippen LogP) is 2.07. The maximum absolute atomic E-state index is 12.3. The Kier molecular flexibility index (Phi) is 9.97. The van der Waals surface area contributed by atoms with Gasteiger partial charge in [-0.1, -0.05) is 19.4 Å². The van der Waals surface area contributed by atoms with Gasteiger partial charge in [-0.15, -0.1) is 0 Å². The summed E-state index contributed by atoms with van der Waals surface area (Å²) in [6.07, 6.45) is 1.94. The van der Waals surface area contributed by atoms with Crippen molar-refractivity contribution in [1.29, 1.82) is 0 Å². The van der Waals surface area contributed by atoms with E-state index >= 15 is 0 Å². The quantitative estimate of drug-likeness (QED) is 0.420. The summed E-state index contributed by atoms with van der Waals surface area (Å²) in [5.74, 6) is -2.13. The second kappa shape index (κ2) is 11.9. The molecule has 0 saturated carbocycles. The normalized spacial score (nSPS) is 12.4. The molecule has 9 heteroatoms. The molecule has 0 aliphatic rings. The van der Waals surface area contributed by atoms with Crippen LogP contribution in [-0.4, -0.2) is 43.1 Å². The van der Waals surface area contributed by atoms with Crippen LogP contribution in [0, 0.1) is 0 Å². The monoisotopic (exact) mass is 423 g/mol. The number of hydrogen-bond acceptors (Lipinski definition) is 9. The average Bonchev–Trinajstić information content (AvgIpc) is 2.66. The van der Waals surface area contributed by atoms with E-state index in [4.69, 9.17) is 24.7 Å². The third-order valence-electron chi connectivity index (χ3n) is 4.17. The summed E-state index contributed by atoms with van der Waals surface area (Å²) >= 11 is 0. The van der Waals surface area contributed by atoms with E-state index in [0.717, 1.165) is 12.8 Å². The Morgan fingerprint density at radius 1 is 1.03 bits per heavy atom. The van der Waals surface area contributed by atoms with Crippen molar-refractivity contribution < 1.29 is 38.1 Å². The number of esters is 4. The van der Waals surface area contributed by atoms with Crippen molar-refractivity contribution in [3.05, 3.63) is 23.8 Å². The van der Waals surface area contributed by atoms with Crippen LogP contribution in [0.1, 0.15) is 52.0 Å². The van der Waals surface area contributed by atoms with Gasteiger partial charge in [0.2, 0.25) is 0 Å². The number of nitrogens with two attached hydrogens (primary N) is 1. The Morgan fingerprint density at radius 3 is 2.23 bits per heavy atom. The summed E-state index contributed by atoms with van der Waals surface area (Å²) in [7, 11) is 1.21. The minimum atomic E-state index is -1.48. The van der Waals surface area contributed by atoms with Crippen molar-refractivity contribution in [2.45, 2.75) is 58.4 Å². The van der Waals surface area contributed by atoms with Crippen LogP contribution in [0.25, 0.3) is 0 Å². The average molecular weight is 423 g/mol. The topological polar surface area (TPSA) is 131 Å². The van der Waals surface area contributed by atoms with Gasteiger partial charge in [-0.2, -0.15) is 0 Å². The number of benzene rings is 1. The van der Waals surface area contributed by atoms with E-state index < -0.39 is 23.4 Å². The molecule has 1 rings (SSSR count). The first-order valence-corrected chi connectivity index (χ1v) is 9.64. The fraction of sp³-hybridized carbons (Fsp3) is 0.524. The SMILES string of the molecule is CCCCC(=O)OCC[C@@](N)(Cc1ccc(OC(C)=O)c(OC(C)=O)c1)C(=O)OC. The first kappa shape index (κ1) is 25.1. The highest BCUT2D eigenvalue weighted by molar-refractivity contribution is 5.81. The van der Waals surface area contributed by atoms with E-state index in [0.29, 0.717) is 12.0 Å². The van der Waals surface area contributed by atoms with Crippen LogP contribution < -0.4 is 15.2 Å². The molecule has 1 aromatic carbocycles. The van der Waals surface area contributed by atoms with Gasteiger partial charge in [-0.25, -0.2) is 0 Å². The molecule has 0 unspecified atom stereocenters. The van der Waals surface area contributed by atoms with Crippen molar-refractivity contribution in [1.82, 2.24) is 0 Å². The van der Waals surface area contributed by atoms with Gasteiger partial charge in [0.05, 0.1) is 13.7 Å². The molecule has 0 spiro atoms. The summed E-state index contributed by atoms with van der Waals surface area (Å²) in [6.45, 7) is 4.34. The van der Waals surface area contributed by atoms with Gasteiger partial charge in [-0.3, -0.25) is 19.2 Å². The number of carbonyl (C=O) groups excluding carboxylic acids is 4. The smallest absolute Gasteiger partial charge is 0.326 e. The molecule has 2 N–H and O–H groups in total. The van der Waals surface area contributed by atoms with Gasteiger partial charge in [0.1, 0.15) is 5.54 Å². The van der Waals surface area contributed by atoms with Gasteiger partial charge < -0.3 is 24.7 Å². The first-order valence-electron chi connectivity index (χ1n) is 9.64. The summed E-state index contributed by atoms with van der Waals surface area (Å²) < 4.78 is 20.1. The molecule has 0 bridgehead atoms. The molecule has 30 heavy (non-hydrogen) atoms. The molecule has 0 aromatic heterocycles. The van der Waals surface area contributed by atoms with E-state index in [2.05, 4.69) is 0 Å². The number of unbranched alkanes of at least 4 members (excludes halogenated alkanes) is 1. The zero-order valence-electron chi connectivity index (χ0n) is 17.8. The molecular formula is C21H29NO8. The highest BCUT2D eigenvalue weighted by Gasteiger charge is 2.36. The second-order valence-electron chi connectivity index (χ2n) is 6.87. The molecular weight excluding hydrogens is 394 g/mol. The predicted molar refractivity (Wildman–Crippen MR) is 107 cm³/mol. The molecule has 0 radical (unpaired) electrons. The summed E-state index contributed by atoms with van der Waals surface area (Å²) in [5, 5.41) is 0. The molecule has 0 heterocycles. The fourth-order valence-electron chi connectivity index (χ4n) is 2.71. The molecule has 0 amide bonds. The van der Waals surface area contributed by atoms with Crippen molar-refractivity contribution in [2.75, 3.05) is 13.7 Å². The molecule has 1 aromatic rings. The molecule has 1 atom stereocenters. The van der Waals surface area contributed by atoms with Crippen molar-refractivity contribution in [3.63, 3.8) is 0 Å². The minimum Gasteiger partial charge on any atom is -0.468 e. The largest absolute Gasteiger partial charge is 0.468 e. The lowest BCUT2D eigenvalue weighted by atomic mass is 9.88. The van der Waals surface area contributed by atoms with Crippen LogP contribution in [0.3, 0.4) is 0 Å². The molecule has 0 aliphatic carbocycles. The van der Waals surface area contributed by atoms with Crippen molar-refractivity contribution in [3.8, 4) is 11.5 Å². The summed E-state index contributed by atoms with van der Waals surface area (Å²) in [6, 6.07) is 4.48. The van der Waals surface area contributed by atoms with Crippen LogP contribution in [0.2, 0.25) is 0 Å². The van der Waals surface area contributed by atoms with Crippen LogP contribution in [0.4, 0.5) is 0 Å². The molecule has 166 valence electrons. The maximum Gasteiger partial charge on any atom is 0.326 e. The highest BCUT2D eigenvalue weighted by atomic mass is 16.6. The zero-order valence-corrected chi connectivity index (χ0v) is 17.8. The van der Waals surface area contributed by atoms with E-state index in [1.54, 1.807) is 6.07 Å². The van der Waals surface area contributed by atoms with Crippen LogP contribution in [0.5, 0.6) is 11.5 Å². The summed E-state index contributed by atoms with van der Waals surface area (Å²) in [4.78, 5) is 46.6. The van der Waals surface area contributed by atoms with E-state index in [1.807, 2.05) is 6.92 Å². The van der Waals surface area contributed by atoms with E-state index in [1.165, 1.54) is 33.1 Å². The summed E-state index contributed by atoms with van der Waals surface area (Å²) in [5.41, 5.74) is 5.34. The van der Waals surface area contributed by atoms with E-state index in [9.17, 15) is 19.2 Å². The lowest BCUT2D eigenvalue weighted by Gasteiger charge is -2.26. The van der Waals surface area contributed by atoms with Gasteiger partial charge in [0.25, 0.3) is 0 Å². The number of methoxy groups -OCH3 is 1. The Balaban J connectivity index is 3.00. The fourth-order valence-corrected chi connectivity index (χ4v) is 2.71. The third kappa shape index (κ3) is 8.20. The molecule has 0 saturated heterocycles. The number of rotatable bonds is 11. The number of hydrogen-bond donors (Lipinski definition) is 1.